The number of allylic oxidation sites excluding steroid dienone is 7. The first-order valence-corrected chi connectivity index (χ1v) is 20.7. The molecule has 1 aromatic rings. The van der Waals surface area contributed by atoms with Gasteiger partial charge in [-0.15, -0.1) is 0 Å². The van der Waals surface area contributed by atoms with E-state index in [2.05, 4.69) is 38.2 Å². The second-order valence-corrected chi connectivity index (χ2v) is 14.2. The third kappa shape index (κ3) is 17.6. The van der Waals surface area contributed by atoms with Crippen LogP contribution in [0.2, 0.25) is 0 Å². The minimum Gasteiger partial charge on any atom is -0.496 e. The van der Waals surface area contributed by atoms with E-state index >= 15 is 0 Å². The molecule has 0 spiro atoms. The molecule has 0 fully saturated rings. The van der Waals surface area contributed by atoms with Crippen molar-refractivity contribution in [3.8, 4) is 11.5 Å². The highest BCUT2D eigenvalue weighted by atomic mass is 16.7. The number of unbranched alkanes of at least 4 members (excludes halogenated alkanes) is 18. The predicted octanol–water partition coefficient (Wildman–Crippen LogP) is 12.8. The summed E-state index contributed by atoms with van der Waals surface area (Å²) in [6, 6.07) is 3.99. The number of methoxy groups -OCH3 is 3. The number of aryl methyl sites for hydroxylation is 1. The normalized spacial score (nSPS) is 13.5. The Morgan fingerprint density at radius 3 is 1.54 bits per heavy atom. The van der Waals surface area contributed by atoms with Crippen LogP contribution in [-0.2, 0) is 25.5 Å². The van der Waals surface area contributed by atoms with Crippen LogP contribution in [0.25, 0.3) is 5.57 Å². The number of hydrogen-bond donors (Lipinski definition) is 0. The molecule has 0 bridgehead atoms. The molecule has 1 aromatic carbocycles. The third-order valence-corrected chi connectivity index (χ3v) is 9.87. The quantitative estimate of drug-likeness (QED) is 0.0319. The largest absolute Gasteiger partial charge is 0.496 e. The second kappa shape index (κ2) is 29.3. The number of Topliss-reactive ketones (excluding diaryl/α,β-unsaturated/α-hetero) is 1. The summed E-state index contributed by atoms with van der Waals surface area (Å²) >= 11 is 0. The lowest BCUT2D eigenvalue weighted by atomic mass is 9.84. The van der Waals surface area contributed by atoms with Gasteiger partial charge in [-0.05, 0) is 81.9 Å². The lowest BCUT2D eigenvalue weighted by molar-refractivity contribution is -0.117. The van der Waals surface area contributed by atoms with Crippen LogP contribution in [0.3, 0.4) is 0 Å². The minimum atomic E-state index is -0.268. The van der Waals surface area contributed by atoms with E-state index in [1.165, 1.54) is 129 Å². The van der Waals surface area contributed by atoms with E-state index in [0.29, 0.717) is 34.6 Å². The topological polar surface area (TPSA) is 71.1 Å². The lowest BCUT2D eigenvalue weighted by Crippen LogP contribution is -2.21. The van der Waals surface area contributed by atoms with Crippen molar-refractivity contribution in [2.24, 2.45) is 0 Å². The first-order valence-electron chi connectivity index (χ1n) is 20.7. The molecule has 0 aromatic heterocycles. The first kappa shape index (κ1) is 45.0. The van der Waals surface area contributed by atoms with Crippen LogP contribution in [0, 0.1) is 0 Å². The molecule has 6 nitrogen and oxygen atoms in total. The fourth-order valence-corrected chi connectivity index (χ4v) is 6.80. The molecule has 0 unspecified atom stereocenters. The molecule has 0 radical (unpaired) electrons. The number of carbonyl (C=O) groups excluding carboxylic acids is 2. The van der Waals surface area contributed by atoms with Crippen molar-refractivity contribution in [1.82, 2.24) is 0 Å². The van der Waals surface area contributed by atoms with Gasteiger partial charge < -0.3 is 18.9 Å². The molecular weight excluding hydrogens is 649 g/mol. The van der Waals surface area contributed by atoms with Crippen molar-refractivity contribution in [3.05, 3.63) is 65.0 Å². The van der Waals surface area contributed by atoms with Gasteiger partial charge in [0.2, 0.25) is 5.78 Å². The average Bonchev–Trinajstić information content (AvgIpc) is 3.15. The maximum Gasteiger partial charge on any atom is 0.224 e. The van der Waals surface area contributed by atoms with Crippen molar-refractivity contribution in [1.29, 1.82) is 0 Å². The molecule has 1 aliphatic carbocycles. The summed E-state index contributed by atoms with van der Waals surface area (Å²) in [5.74, 6) is 0.618. The van der Waals surface area contributed by atoms with Gasteiger partial charge in [0, 0.05) is 24.3 Å². The number of ether oxygens (including phenoxy) is 4. The van der Waals surface area contributed by atoms with Crippen LogP contribution >= 0.6 is 0 Å². The van der Waals surface area contributed by atoms with Crippen LogP contribution in [0.15, 0.2) is 53.8 Å². The van der Waals surface area contributed by atoms with Gasteiger partial charge in [0.15, 0.2) is 18.3 Å². The maximum absolute atomic E-state index is 13.7. The summed E-state index contributed by atoms with van der Waals surface area (Å²) in [7, 11) is 4.62. The zero-order valence-electron chi connectivity index (χ0n) is 33.7. The minimum absolute atomic E-state index is 0.0210. The molecule has 0 aliphatic heterocycles. The summed E-state index contributed by atoms with van der Waals surface area (Å²) in [4.78, 5) is 27.4. The number of benzene rings is 1. The molecule has 52 heavy (non-hydrogen) atoms. The molecule has 292 valence electrons. The Bertz CT molecular complexity index is 1270. The van der Waals surface area contributed by atoms with E-state index < -0.39 is 0 Å². The van der Waals surface area contributed by atoms with E-state index in [-0.39, 0.29) is 24.1 Å². The third-order valence-electron chi connectivity index (χ3n) is 9.87. The van der Waals surface area contributed by atoms with Crippen molar-refractivity contribution in [2.75, 3.05) is 28.1 Å². The lowest BCUT2D eigenvalue weighted by Gasteiger charge is -2.23. The van der Waals surface area contributed by atoms with Crippen molar-refractivity contribution >= 4 is 17.1 Å². The Morgan fingerprint density at radius 2 is 1.04 bits per heavy atom. The van der Waals surface area contributed by atoms with E-state index in [0.717, 1.165) is 37.7 Å². The molecule has 0 heterocycles. The predicted molar refractivity (Wildman–Crippen MR) is 217 cm³/mol. The van der Waals surface area contributed by atoms with Crippen LogP contribution < -0.4 is 9.47 Å². The van der Waals surface area contributed by atoms with Gasteiger partial charge in [0.25, 0.3) is 0 Å². The smallest absolute Gasteiger partial charge is 0.224 e. The molecule has 1 aliphatic rings. The van der Waals surface area contributed by atoms with Gasteiger partial charge in [0.05, 0.1) is 19.8 Å². The number of carbonyl (C=O) groups is 2. The maximum atomic E-state index is 13.7. The number of ketones is 2. The molecule has 0 saturated heterocycles. The summed E-state index contributed by atoms with van der Waals surface area (Å²) in [6.45, 7) is 4.49. The molecular formula is C46H72O6. The standard InChI is InChI=1S/C46H72O6/c1-6-8-10-12-14-16-18-20-22-24-26-28-30-32-38-34-41(50-4)45(42(35-38)52-37-49-3)44-39(46(48)43(51-5)36-40(44)47)33-31-29-27-25-23-21-19-17-15-13-11-9-7-2/h12-15,34-36H,6-11,16-33,37H2,1-5H3/b14-12+,15-13+. The number of hydrogen-bond acceptors (Lipinski definition) is 6. The average molecular weight is 721 g/mol. The molecule has 0 amide bonds. The van der Waals surface area contributed by atoms with Crippen LogP contribution in [0.4, 0.5) is 0 Å². The van der Waals surface area contributed by atoms with Gasteiger partial charge in [-0.1, -0.05) is 128 Å². The molecule has 2 rings (SSSR count). The van der Waals surface area contributed by atoms with Crippen LogP contribution in [-0.4, -0.2) is 39.7 Å². The van der Waals surface area contributed by atoms with Gasteiger partial charge in [-0.3, -0.25) is 9.59 Å². The molecule has 6 heteroatoms. The highest BCUT2D eigenvalue weighted by Crippen LogP contribution is 2.42. The molecule has 0 N–H and O–H groups in total. The van der Waals surface area contributed by atoms with E-state index in [9.17, 15) is 9.59 Å². The molecule has 0 saturated carbocycles. The van der Waals surface area contributed by atoms with Crippen LogP contribution in [0.1, 0.15) is 173 Å². The SMILES string of the molecule is CCCC/C=C/CCCCCCCCCC1=C(c2c(OC)cc(CCCCCCCCC/C=C/CCCC)cc2OCOC)C(=O)C=C(OC)C1=O. The summed E-state index contributed by atoms with van der Waals surface area (Å²) in [6.07, 6.45) is 38.3. The Balaban J connectivity index is 2.03. The summed E-state index contributed by atoms with van der Waals surface area (Å²) < 4.78 is 22.6. The van der Waals surface area contributed by atoms with E-state index in [1.54, 1.807) is 14.2 Å². The van der Waals surface area contributed by atoms with Gasteiger partial charge in [-0.2, -0.15) is 0 Å². The Hall–Kier alpha value is -3.12. The van der Waals surface area contributed by atoms with Gasteiger partial charge >= 0.3 is 0 Å². The van der Waals surface area contributed by atoms with Crippen molar-refractivity contribution in [3.63, 3.8) is 0 Å². The van der Waals surface area contributed by atoms with E-state index in [1.807, 2.05) is 12.1 Å². The summed E-state index contributed by atoms with van der Waals surface area (Å²) in [5.41, 5.74) is 2.43. The Labute approximate surface area is 317 Å². The van der Waals surface area contributed by atoms with Crippen molar-refractivity contribution in [2.45, 2.75) is 168 Å². The highest BCUT2D eigenvalue weighted by Gasteiger charge is 2.33. The highest BCUT2D eigenvalue weighted by molar-refractivity contribution is 6.37. The monoisotopic (exact) mass is 721 g/mol. The number of rotatable bonds is 32. The van der Waals surface area contributed by atoms with Crippen LogP contribution in [0.5, 0.6) is 11.5 Å². The zero-order valence-corrected chi connectivity index (χ0v) is 33.7. The first-order chi connectivity index (χ1) is 25.5. The van der Waals surface area contributed by atoms with E-state index in [4.69, 9.17) is 18.9 Å². The summed E-state index contributed by atoms with van der Waals surface area (Å²) in [5, 5.41) is 0. The van der Waals surface area contributed by atoms with Gasteiger partial charge in [-0.25, -0.2) is 0 Å². The van der Waals surface area contributed by atoms with Crippen molar-refractivity contribution < 1.29 is 28.5 Å². The second-order valence-electron chi connectivity index (χ2n) is 14.2. The zero-order chi connectivity index (χ0) is 37.7. The van der Waals surface area contributed by atoms with Gasteiger partial charge in [0.1, 0.15) is 11.5 Å². The Kier molecular flexibility index (Phi) is 25.4. The molecule has 0 atom stereocenters. The fourth-order valence-electron chi connectivity index (χ4n) is 6.80. The Morgan fingerprint density at radius 1 is 0.558 bits per heavy atom. The fraction of sp³-hybridized carbons (Fsp3) is 0.652.